The van der Waals surface area contributed by atoms with Crippen molar-refractivity contribution in [3.8, 4) is 0 Å². The number of thiazole rings is 1. The number of aryl methyl sites for hydroxylation is 2. The van der Waals surface area contributed by atoms with Crippen molar-refractivity contribution in [3.05, 3.63) is 40.4 Å². The van der Waals surface area contributed by atoms with E-state index < -0.39 is 16.3 Å². The van der Waals surface area contributed by atoms with Crippen molar-refractivity contribution in [2.75, 3.05) is 16.9 Å². The molecule has 0 aliphatic carbocycles. The summed E-state index contributed by atoms with van der Waals surface area (Å²) >= 11 is 1.41. The van der Waals surface area contributed by atoms with Crippen LogP contribution in [0, 0.1) is 13.8 Å². The van der Waals surface area contributed by atoms with Gasteiger partial charge in [-0.2, -0.15) is 8.42 Å². The first-order valence-electron chi connectivity index (χ1n) is 12.1. The van der Waals surface area contributed by atoms with Gasteiger partial charge in [0.1, 0.15) is 12.5 Å². The summed E-state index contributed by atoms with van der Waals surface area (Å²) < 4.78 is 29.0. The Morgan fingerprint density at radius 3 is 2.29 bits per heavy atom. The number of amides is 1. The Labute approximate surface area is 213 Å². The van der Waals surface area contributed by atoms with Gasteiger partial charge >= 0.3 is 0 Å². The van der Waals surface area contributed by atoms with Crippen molar-refractivity contribution in [1.82, 2.24) is 4.98 Å². The van der Waals surface area contributed by atoms with Crippen molar-refractivity contribution in [3.63, 3.8) is 0 Å². The lowest BCUT2D eigenvalue weighted by atomic mass is 10.1. The van der Waals surface area contributed by atoms with E-state index in [1.54, 1.807) is 24.3 Å². The zero-order valence-corrected chi connectivity index (χ0v) is 22.5. The summed E-state index contributed by atoms with van der Waals surface area (Å²) in [6.45, 7) is 3.83. The van der Waals surface area contributed by atoms with Crippen molar-refractivity contribution in [1.29, 1.82) is 0 Å². The van der Waals surface area contributed by atoms with Crippen LogP contribution in [0.4, 0.5) is 10.8 Å². The smallest absolute Gasteiger partial charge is 0.266 e. The Kier molecular flexibility index (Phi) is 12.4. The molecule has 0 saturated carbocycles. The number of benzene rings is 1. The predicted molar refractivity (Wildman–Crippen MR) is 142 cm³/mol. The molecule has 1 aromatic heterocycles. The Morgan fingerprint density at radius 1 is 1.06 bits per heavy atom. The molecule has 8 nitrogen and oxygen atoms in total. The average molecular weight is 524 g/mol. The highest BCUT2D eigenvalue weighted by molar-refractivity contribution is 7.86. The van der Waals surface area contributed by atoms with Gasteiger partial charge in [0.25, 0.3) is 16.0 Å². The second-order valence-corrected chi connectivity index (χ2v) is 11.5. The molecule has 1 heterocycles. The summed E-state index contributed by atoms with van der Waals surface area (Å²) in [5, 5.41) is 6.45. The van der Waals surface area contributed by atoms with Crippen LogP contribution in [0.5, 0.6) is 0 Å². The van der Waals surface area contributed by atoms with Crippen molar-refractivity contribution < 1.29 is 22.2 Å². The SMILES string of the molecule is Cc1nc(NC(=O)c2ccccc2NC(CCCCCCCCCCC=O)OS(C)(=O)=O)sc1C. The van der Waals surface area contributed by atoms with Crippen LogP contribution in [0.15, 0.2) is 24.3 Å². The van der Waals surface area contributed by atoms with Gasteiger partial charge in [0.2, 0.25) is 0 Å². The van der Waals surface area contributed by atoms with Gasteiger partial charge < -0.3 is 10.1 Å². The molecule has 10 heteroatoms. The van der Waals surface area contributed by atoms with E-state index in [-0.39, 0.29) is 5.91 Å². The van der Waals surface area contributed by atoms with E-state index in [1.807, 2.05) is 13.8 Å². The highest BCUT2D eigenvalue weighted by Gasteiger charge is 2.19. The third kappa shape index (κ3) is 11.3. The van der Waals surface area contributed by atoms with Gasteiger partial charge in [-0.25, -0.2) is 9.17 Å². The minimum absolute atomic E-state index is 0.326. The molecule has 1 unspecified atom stereocenters. The molecule has 0 aliphatic rings. The van der Waals surface area contributed by atoms with Crippen LogP contribution in [0.25, 0.3) is 0 Å². The lowest BCUT2D eigenvalue weighted by Crippen LogP contribution is -2.27. The van der Waals surface area contributed by atoms with E-state index in [0.717, 1.165) is 74.5 Å². The monoisotopic (exact) mass is 523 g/mol. The fraction of sp³-hybridized carbons (Fsp3) is 0.560. The Balaban J connectivity index is 1.91. The lowest BCUT2D eigenvalue weighted by molar-refractivity contribution is -0.107. The molecule has 1 aromatic carbocycles. The summed E-state index contributed by atoms with van der Waals surface area (Å²) in [5.41, 5.74) is 1.75. The van der Waals surface area contributed by atoms with Crippen molar-refractivity contribution in [2.24, 2.45) is 0 Å². The topological polar surface area (TPSA) is 114 Å². The molecular formula is C25H37N3O5S2. The first-order chi connectivity index (χ1) is 16.7. The molecule has 0 radical (unpaired) electrons. The van der Waals surface area contributed by atoms with Gasteiger partial charge in [0, 0.05) is 17.0 Å². The van der Waals surface area contributed by atoms with Crippen LogP contribution < -0.4 is 10.6 Å². The summed E-state index contributed by atoms with van der Waals surface area (Å²) in [6, 6.07) is 6.95. The number of aromatic nitrogens is 1. The normalized spacial score (nSPS) is 12.3. The van der Waals surface area contributed by atoms with E-state index in [0.29, 0.717) is 29.2 Å². The van der Waals surface area contributed by atoms with E-state index in [9.17, 15) is 18.0 Å². The molecule has 0 bridgehead atoms. The van der Waals surface area contributed by atoms with Gasteiger partial charge in [-0.15, -0.1) is 11.3 Å². The fourth-order valence-corrected chi connectivity index (χ4v) is 5.02. The zero-order chi connectivity index (χ0) is 25.7. The molecule has 35 heavy (non-hydrogen) atoms. The number of nitrogens with zero attached hydrogens (tertiary/aromatic N) is 1. The molecular weight excluding hydrogens is 486 g/mol. The number of aldehydes is 1. The molecule has 0 aliphatic heterocycles. The summed E-state index contributed by atoms with van der Waals surface area (Å²) in [6.07, 6.45) is 10.6. The highest BCUT2D eigenvalue weighted by Crippen LogP contribution is 2.24. The quantitative estimate of drug-likeness (QED) is 0.116. The molecule has 1 amide bonds. The third-order valence-electron chi connectivity index (χ3n) is 5.57. The predicted octanol–water partition coefficient (Wildman–Crippen LogP) is 5.83. The van der Waals surface area contributed by atoms with E-state index in [2.05, 4.69) is 15.6 Å². The van der Waals surface area contributed by atoms with Crippen LogP contribution in [-0.2, 0) is 19.1 Å². The molecule has 0 spiro atoms. The summed E-state index contributed by atoms with van der Waals surface area (Å²) in [4.78, 5) is 28.6. The number of hydrogen-bond donors (Lipinski definition) is 2. The number of unbranched alkanes of at least 4 members (excludes halogenated alkanes) is 8. The van der Waals surface area contributed by atoms with E-state index in [1.165, 1.54) is 11.3 Å². The van der Waals surface area contributed by atoms with Crippen molar-refractivity contribution in [2.45, 2.75) is 84.3 Å². The maximum absolute atomic E-state index is 12.9. The van der Waals surface area contributed by atoms with Crippen LogP contribution in [0.1, 0.15) is 85.1 Å². The van der Waals surface area contributed by atoms with Crippen LogP contribution >= 0.6 is 11.3 Å². The Bertz CT molecular complexity index is 1030. The maximum atomic E-state index is 12.9. The van der Waals surface area contributed by atoms with Crippen molar-refractivity contribution >= 4 is 44.5 Å². The minimum Gasteiger partial charge on any atom is -0.358 e. The fourth-order valence-electron chi connectivity index (χ4n) is 3.64. The Morgan fingerprint density at radius 2 is 1.69 bits per heavy atom. The highest BCUT2D eigenvalue weighted by atomic mass is 32.2. The Hall–Kier alpha value is -2.30. The summed E-state index contributed by atoms with van der Waals surface area (Å²) in [7, 11) is -3.69. The molecule has 2 N–H and O–H groups in total. The second kappa shape index (κ2) is 15.0. The van der Waals surface area contributed by atoms with Gasteiger partial charge in [0.15, 0.2) is 5.13 Å². The molecule has 1 atom stereocenters. The third-order valence-corrected chi connectivity index (χ3v) is 7.14. The maximum Gasteiger partial charge on any atom is 0.266 e. The van der Waals surface area contributed by atoms with Crippen LogP contribution in [0.3, 0.4) is 0 Å². The molecule has 0 fully saturated rings. The molecule has 0 saturated heterocycles. The van der Waals surface area contributed by atoms with E-state index >= 15 is 0 Å². The second-order valence-electron chi connectivity index (χ2n) is 8.67. The minimum atomic E-state index is -3.69. The average Bonchev–Trinajstić information content (AvgIpc) is 3.10. The van der Waals surface area contributed by atoms with Gasteiger partial charge in [-0.05, 0) is 45.2 Å². The van der Waals surface area contributed by atoms with Gasteiger partial charge in [0.05, 0.1) is 17.5 Å². The number of carbonyl (C=O) groups is 2. The number of rotatable bonds is 17. The number of carbonyl (C=O) groups excluding carboxylic acids is 2. The van der Waals surface area contributed by atoms with E-state index in [4.69, 9.17) is 4.18 Å². The zero-order valence-electron chi connectivity index (χ0n) is 20.8. The standard InChI is InChI=1S/C25H37N3O5S2/c1-19-20(2)34-25(26-19)28-24(30)21-15-12-13-16-22(21)27-23(33-35(3,31)32)17-11-9-7-5-4-6-8-10-14-18-29/h12-13,15-16,18,23,27H,4-11,14,17H2,1-3H3,(H,26,28,30). The first kappa shape index (κ1) is 28.9. The molecule has 194 valence electrons. The number of hydrogen-bond acceptors (Lipinski definition) is 8. The van der Waals surface area contributed by atoms with Crippen LogP contribution in [0.2, 0.25) is 0 Å². The lowest BCUT2D eigenvalue weighted by Gasteiger charge is -2.20. The van der Waals surface area contributed by atoms with Gasteiger partial charge in [-0.3, -0.25) is 10.1 Å². The number of para-hydroxylation sites is 1. The van der Waals surface area contributed by atoms with Gasteiger partial charge in [-0.1, -0.05) is 50.7 Å². The first-order valence-corrected chi connectivity index (χ1v) is 14.8. The molecule has 2 rings (SSSR count). The molecule has 2 aromatic rings. The number of anilines is 2. The summed E-state index contributed by atoms with van der Waals surface area (Å²) in [5.74, 6) is -0.326. The van der Waals surface area contributed by atoms with Crippen LogP contribution in [-0.4, -0.2) is 38.1 Å². The largest absolute Gasteiger partial charge is 0.358 e. The number of nitrogens with one attached hydrogen (secondary N) is 2.